The molecule has 2 aromatic carbocycles. The lowest BCUT2D eigenvalue weighted by atomic mass is 9.93. The van der Waals surface area contributed by atoms with E-state index >= 15 is 0 Å². The second kappa shape index (κ2) is 7.74. The van der Waals surface area contributed by atoms with E-state index in [1.54, 1.807) is 35.0 Å². The first-order chi connectivity index (χ1) is 15.1. The lowest BCUT2D eigenvalue weighted by Crippen LogP contribution is -2.46. The fourth-order valence-corrected chi connectivity index (χ4v) is 3.80. The number of phenols is 1. The number of benzene rings is 2. The summed E-state index contributed by atoms with van der Waals surface area (Å²) in [6.07, 6.45) is 1.82. The van der Waals surface area contributed by atoms with Gasteiger partial charge in [0.1, 0.15) is 17.3 Å². The molecule has 2 unspecified atom stereocenters. The Balaban J connectivity index is 1.89. The fourth-order valence-electron chi connectivity index (χ4n) is 3.80. The van der Waals surface area contributed by atoms with Crippen LogP contribution in [0.4, 0.5) is 0 Å². The maximum atomic E-state index is 11.5. The average Bonchev–Trinajstić information content (AvgIpc) is 3.31. The molecule has 7 N–H and O–H groups in total. The van der Waals surface area contributed by atoms with Gasteiger partial charge in [0.2, 0.25) is 6.79 Å². The molecule has 0 radical (unpaired) electrons. The van der Waals surface area contributed by atoms with Gasteiger partial charge in [-0.05, 0) is 48.4 Å². The Morgan fingerprint density at radius 3 is 2.66 bits per heavy atom. The zero-order chi connectivity index (χ0) is 23.2. The van der Waals surface area contributed by atoms with Crippen LogP contribution >= 0.6 is 0 Å². The minimum Gasteiger partial charge on any atom is -0.508 e. The summed E-state index contributed by atoms with van der Waals surface area (Å²) in [4.78, 5) is 22.8. The third-order valence-corrected chi connectivity index (χ3v) is 5.46. The Morgan fingerprint density at radius 1 is 1.22 bits per heavy atom. The molecule has 0 aliphatic carbocycles. The molecule has 1 aliphatic heterocycles. The number of nitrogens with zero attached hydrogens (tertiary/aromatic N) is 1. The summed E-state index contributed by atoms with van der Waals surface area (Å²) < 4.78 is 13.0. The number of hydrogen-bond acceptors (Lipinski definition) is 7. The average molecular weight is 441 g/mol. The molecule has 0 bridgehead atoms. The summed E-state index contributed by atoms with van der Waals surface area (Å²) in [5, 5.41) is 29.3. The van der Waals surface area contributed by atoms with Gasteiger partial charge in [-0.25, -0.2) is 0 Å². The number of carbonyl (C=O) groups is 2. The molecule has 2 atom stereocenters. The number of fused-ring (bicyclic) bond motifs is 2. The molecule has 0 amide bonds. The maximum Gasteiger partial charge on any atom is 0.323 e. The van der Waals surface area contributed by atoms with Crippen molar-refractivity contribution in [3.05, 3.63) is 47.7 Å². The minimum atomic E-state index is -1.49. The lowest BCUT2D eigenvalue weighted by molar-refractivity contribution is -0.142. The predicted molar refractivity (Wildman–Crippen MR) is 114 cm³/mol. The number of aromatic hydroxyl groups is 1. The molecule has 0 saturated heterocycles. The smallest absolute Gasteiger partial charge is 0.323 e. The first kappa shape index (κ1) is 21.5. The summed E-state index contributed by atoms with van der Waals surface area (Å²) >= 11 is 0. The van der Waals surface area contributed by atoms with Crippen molar-refractivity contribution in [3.63, 3.8) is 0 Å². The monoisotopic (exact) mass is 441 g/mol. The topological polar surface area (TPSA) is 170 Å². The Morgan fingerprint density at radius 2 is 1.97 bits per heavy atom. The molecule has 0 spiro atoms. The van der Waals surface area contributed by atoms with E-state index in [1.165, 1.54) is 13.0 Å². The molecule has 1 aromatic heterocycles. The van der Waals surface area contributed by atoms with E-state index in [9.17, 15) is 24.9 Å². The molecular formula is C22H23N3O7. The molecule has 10 heteroatoms. The molecular weight excluding hydrogens is 418 g/mol. The van der Waals surface area contributed by atoms with Gasteiger partial charge in [-0.15, -0.1) is 0 Å². The van der Waals surface area contributed by atoms with Gasteiger partial charge in [0.15, 0.2) is 11.5 Å². The van der Waals surface area contributed by atoms with Crippen LogP contribution in [0, 0.1) is 0 Å². The molecule has 32 heavy (non-hydrogen) atoms. The highest BCUT2D eigenvalue weighted by Crippen LogP contribution is 2.42. The van der Waals surface area contributed by atoms with E-state index in [0.29, 0.717) is 39.2 Å². The SMILES string of the molecule is CC(N)(Cc1cc2c(c(-n3cc(CC(N)C(=O)O)c4cc(O)ccc43)c1)OCO2)C(=O)O. The third-order valence-electron chi connectivity index (χ3n) is 5.46. The molecule has 0 saturated carbocycles. The number of nitrogens with two attached hydrogens (primary N) is 2. The molecule has 4 rings (SSSR count). The standard InChI is InChI=1S/C22H23N3O7/c1-22(24,21(29)30)8-11-4-17(19-18(5-11)31-10-32-19)25-9-12(6-15(23)20(27)28)14-7-13(26)2-3-16(14)25/h2-5,7,9,15,26H,6,8,10,23-24H2,1H3,(H,27,28)(H,29,30). The normalized spacial score (nSPS) is 15.5. The maximum absolute atomic E-state index is 11.5. The highest BCUT2D eigenvalue weighted by molar-refractivity contribution is 5.88. The number of hydrogen-bond donors (Lipinski definition) is 5. The van der Waals surface area contributed by atoms with Crippen molar-refractivity contribution >= 4 is 22.8 Å². The van der Waals surface area contributed by atoms with E-state index in [1.807, 2.05) is 0 Å². The van der Waals surface area contributed by atoms with Gasteiger partial charge in [-0.2, -0.15) is 0 Å². The number of rotatable bonds is 7. The van der Waals surface area contributed by atoms with Crippen molar-refractivity contribution < 1.29 is 34.4 Å². The largest absolute Gasteiger partial charge is 0.508 e. The van der Waals surface area contributed by atoms with Gasteiger partial charge in [0, 0.05) is 24.4 Å². The Labute approximate surface area is 182 Å². The number of aliphatic carboxylic acids is 2. The Hall–Kier alpha value is -3.76. The lowest BCUT2D eigenvalue weighted by Gasteiger charge is -2.20. The second-order valence-electron chi connectivity index (χ2n) is 8.12. The van der Waals surface area contributed by atoms with Crippen LogP contribution in [0.3, 0.4) is 0 Å². The molecule has 0 fully saturated rings. The molecule has 10 nitrogen and oxygen atoms in total. The number of ether oxygens (including phenoxy) is 2. The minimum absolute atomic E-state index is 0.00133. The van der Waals surface area contributed by atoms with Crippen molar-refractivity contribution in [3.8, 4) is 22.9 Å². The van der Waals surface area contributed by atoms with Crippen molar-refractivity contribution in [2.24, 2.45) is 11.5 Å². The van der Waals surface area contributed by atoms with Crippen LogP contribution in [0.2, 0.25) is 0 Å². The van der Waals surface area contributed by atoms with Crippen LogP contribution in [-0.4, -0.2) is 50.2 Å². The van der Waals surface area contributed by atoms with Crippen LogP contribution in [0.1, 0.15) is 18.1 Å². The van der Waals surface area contributed by atoms with Gasteiger partial charge < -0.3 is 40.8 Å². The van der Waals surface area contributed by atoms with Gasteiger partial charge in [0.25, 0.3) is 0 Å². The predicted octanol–water partition coefficient (Wildman–Crippen LogP) is 1.36. The Bertz CT molecular complexity index is 1230. The molecule has 168 valence electrons. The van der Waals surface area contributed by atoms with E-state index in [2.05, 4.69) is 0 Å². The second-order valence-corrected chi connectivity index (χ2v) is 8.12. The van der Waals surface area contributed by atoms with Gasteiger partial charge in [-0.1, -0.05) is 0 Å². The van der Waals surface area contributed by atoms with E-state index < -0.39 is 23.5 Å². The first-order valence-electron chi connectivity index (χ1n) is 9.83. The summed E-state index contributed by atoms with van der Waals surface area (Å²) in [6, 6.07) is 7.08. The number of carboxylic acids is 2. The van der Waals surface area contributed by atoms with Crippen molar-refractivity contribution in [1.82, 2.24) is 4.57 Å². The van der Waals surface area contributed by atoms with Crippen LogP contribution in [0.15, 0.2) is 36.5 Å². The van der Waals surface area contributed by atoms with Crippen LogP contribution in [-0.2, 0) is 22.4 Å². The van der Waals surface area contributed by atoms with E-state index in [-0.39, 0.29) is 25.4 Å². The quantitative estimate of drug-likeness (QED) is 0.363. The summed E-state index contributed by atoms with van der Waals surface area (Å²) in [6.45, 7) is 1.43. The highest BCUT2D eigenvalue weighted by Gasteiger charge is 2.30. The fraction of sp³-hybridized carbons (Fsp3) is 0.273. The summed E-state index contributed by atoms with van der Waals surface area (Å²) in [5.74, 6) is -1.34. The van der Waals surface area contributed by atoms with E-state index in [4.69, 9.17) is 20.9 Å². The first-order valence-corrected chi connectivity index (χ1v) is 9.83. The third kappa shape index (κ3) is 3.81. The van der Waals surface area contributed by atoms with Crippen molar-refractivity contribution in [2.75, 3.05) is 6.79 Å². The van der Waals surface area contributed by atoms with Gasteiger partial charge >= 0.3 is 11.9 Å². The zero-order valence-corrected chi connectivity index (χ0v) is 17.2. The molecule has 2 heterocycles. The number of phenolic OH excluding ortho intramolecular Hbond substituents is 1. The summed E-state index contributed by atoms with van der Waals surface area (Å²) in [5.41, 5.74) is 12.7. The molecule has 1 aliphatic rings. The Kier molecular flexibility index (Phi) is 5.19. The number of carboxylic acid groups (broad SMARTS) is 2. The number of aromatic nitrogens is 1. The van der Waals surface area contributed by atoms with Crippen molar-refractivity contribution in [1.29, 1.82) is 0 Å². The van der Waals surface area contributed by atoms with Crippen LogP contribution < -0.4 is 20.9 Å². The highest BCUT2D eigenvalue weighted by atomic mass is 16.7. The summed E-state index contributed by atoms with van der Waals surface area (Å²) in [7, 11) is 0. The van der Waals surface area contributed by atoms with Crippen LogP contribution in [0.25, 0.3) is 16.6 Å². The van der Waals surface area contributed by atoms with Crippen molar-refractivity contribution in [2.45, 2.75) is 31.3 Å². The van der Waals surface area contributed by atoms with E-state index in [0.717, 1.165) is 0 Å². The van der Waals surface area contributed by atoms with Crippen LogP contribution in [0.5, 0.6) is 17.2 Å². The van der Waals surface area contributed by atoms with Gasteiger partial charge in [0.05, 0.1) is 11.2 Å². The van der Waals surface area contributed by atoms with Gasteiger partial charge in [-0.3, -0.25) is 9.59 Å². The zero-order valence-electron chi connectivity index (χ0n) is 17.2. The molecule has 3 aromatic rings.